The van der Waals surface area contributed by atoms with Crippen LogP contribution in [0.3, 0.4) is 0 Å². The van der Waals surface area contributed by atoms with E-state index in [2.05, 4.69) is 27.3 Å². The van der Waals surface area contributed by atoms with Crippen LogP contribution in [0.5, 0.6) is 0 Å². The Bertz CT molecular complexity index is 1510. The van der Waals surface area contributed by atoms with Crippen molar-refractivity contribution in [1.82, 2.24) is 25.4 Å². The largest absolute Gasteiger partial charge is 0.357 e. The maximum atomic E-state index is 13.8. The van der Waals surface area contributed by atoms with Gasteiger partial charge in [-0.15, -0.1) is 0 Å². The molecule has 2 aromatic rings. The van der Waals surface area contributed by atoms with E-state index in [4.69, 9.17) is 0 Å². The van der Waals surface area contributed by atoms with Gasteiger partial charge in [0, 0.05) is 57.3 Å². The summed E-state index contributed by atoms with van der Waals surface area (Å²) in [7, 11) is 3.30. The van der Waals surface area contributed by atoms with E-state index in [0.717, 1.165) is 56.1 Å². The van der Waals surface area contributed by atoms with Crippen LogP contribution >= 0.6 is 0 Å². The van der Waals surface area contributed by atoms with Crippen LogP contribution in [0, 0.1) is 22.7 Å². The molecule has 2 heterocycles. The lowest BCUT2D eigenvalue weighted by Crippen LogP contribution is -2.67. The number of fused-ring (bicyclic) bond motifs is 1. The first-order chi connectivity index (χ1) is 20.7. The van der Waals surface area contributed by atoms with Gasteiger partial charge in [-0.05, 0) is 60.9 Å². The lowest BCUT2D eigenvalue weighted by Gasteiger charge is -2.44. The van der Waals surface area contributed by atoms with Crippen LogP contribution in [0.1, 0.15) is 72.1 Å². The number of rotatable bonds is 7. The van der Waals surface area contributed by atoms with Gasteiger partial charge in [0.1, 0.15) is 23.3 Å². The van der Waals surface area contributed by atoms with Gasteiger partial charge in [0.15, 0.2) is 0 Å². The lowest BCUT2D eigenvalue weighted by molar-refractivity contribution is -0.131. The van der Waals surface area contributed by atoms with Gasteiger partial charge in [-0.25, -0.2) is 4.79 Å². The number of nitrogens with zero attached hydrogens (tertiary/aromatic N) is 3. The number of aromatic nitrogens is 1. The molecule has 2 atom stereocenters. The van der Waals surface area contributed by atoms with Crippen molar-refractivity contribution < 1.29 is 19.2 Å². The molecule has 3 aliphatic carbocycles. The number of carbonyl (C=O) groups is 4. The number of likely N-dealkylation sites (N-methyl/N-ethyl adjacent to an activating group) is 1. The fourth-order valence-electron chi connectivity index (χ4n) is 7.27. The fraction of sp³-hybridized carbons (Fsp3) is 0.531. The van der Waals surface area contributed by atoms with Crippen LogP contribution in [-0.2, 0) is 29.5 Å². The summed E-state index contributed by atoms with van der Waals surface area (Å²) in [6.45, 7) is 1.21. The molecule has 2 saturated carbocycles. The number of nitrogens with one attached hydrogen (secondary N) is 4. The van der Waals surface area contributed by atoms with Crippen molar-refractivity contribution in [3.05, 3.63) is 52.8 Å². The zero-order valence-electron chi connectivity index (χ0n) is 24.8. The first-order valence-corrected chi connectivity index (χ1v) is 15.2. The van der Waals surface area contributed by atoms with Crippen molar-refractivity contribution in [3.63, 3.8) is 0 Å². The van der Waals surface area contributed by atoms with Gasteiger partial charge in [0.05, 0.1) is 5.56 Å². The van der Waals surface area contributed by atoms with Crippen LogP contribution < -0.4 is 21.3 Å². The Kier molecular flexibility index (Phi) is 7.40. The van der Waals surface area contributed by atoms with E-state index in [0.29, 0.717) is 42.9 Å². The van der Waals surface area contributed by atoms with Crippen LogP contribution in [0.2, 0.25) is 0 Å². The Morgan fingerprint density at radius 1 is 1.09 bits per heavy atom. The minimum Gasteiger partial charge on any atom is -0.357 e. The zero-order valence-corrected chi connectivity index (χ0v) is 24.8. The molecular weight excluding hydrogens is 546 g/mol. The molecule has 226 valence electrons. The monoisotopic (exact) mass is 585 g/mol. The summed E-state index contributed by atoms with van der Waals surface area (Å²) in [6, 6.07) is 8.26. The Labute approximate surface area is 251 Å². The molecule has 5 amide bonds. The molecule has 11 nitrogen and oxygen atoms in total. The highest BCUT2D eigenvalue weighted by Crippen LogP contribution is 2.49. The SMILES string of the molecule is CNC(=O)C1(N2CC3(CC3)CNC2=O)Cc2ccc(NC(=O)[C@@H](NC(=O)c3cc(C#N)cn3C)C3CCCCC3)cc2C1. The van der Waals surface area contributed by atoms with E-state index < -0.39 is 17.5 Å². The number of hydrogen-bond acceptors (Lipinski definition) is 5. The molecule has 1 aromatic heterocycles. The highest BCUT2D eigenvalue weighted by molar-refractivity contribution is 6.01. The summed E-state index contributed by atoms with van der Waals surface area (Å²) in [5.41, 5.74) is 2.19. The molecule has 43 heavy (non-hydrogen) atoms. The van der Waals surface area contributed by atoms with Gasteiger partial charge >= 0.3 is 6.03 Å². The summed E-state index contributed by atoms with van der Waals surface area (Å²) in [5, 5.41) is 21.0. The van der Waals surface area contributed by atoms with Crippen LogP contribution in [0.25, 0.3) is 0 Å². The van der Waals surface area contributed by atoms with Gasteiger partial charge in [0.25, 0.3) is 5.91 Å². The summed E-state index contributed by atoms with van der Waals surface area (Å²) >= 11 is 0. The maximum absolute atomic E-state index is 13.8. The van der Waals surface area contributed by atoms with E-state index in [-0.39, 0.29) is 29.2 Å². The normalized spacial score (nSPS) is 23.1. The molecule has 1 saturated heterocycles. The second kappa shape index (κ2) is 11.1. The molecule has 1 aliphatic heterocycles. The summed E-state index contributed by atoms with van der Waals surface area (Å²) in [5.74, 6) is -0.887. The molecule has 1 spiro atoms. The molecule has 0 radical (unpaired) electrons. The van der Waals surface area contributed by atoms with Crippen molar-refractivity contribution >= 4 is 29.4 Å². The minimum atomic E-state index is -1.03. The van der Waals surface area contributed by atoms with Gasteiger partial charge in [0.2, 0.25) is 11.8 Å². The molecule has 1 unspecified atom stereocenters. The third kappa shape index (κ3) is 5.35. The summed E-state index contributed by atoms with van der Waals surface area (Å²) < 4.78 is 1.59. The second-order valence-electron chi connectivity index (χ2n) is 12.9. The lowest BCUT2D eigenvalue weighted by atomic mass is 9.83. The highest BCUT2D eigenvalue weighted by atomic mass is 16.2. The quantitative estimate of drug-likeness (QED) is 0.394. The smallest absolute Gasteiger partial charge is 0.318 e. The molecule has 4 aliphatic rings. The van der Waals surface area contributed by atoms with Gasteiger partial charge in [-0.3, -0.25) is 14.4 Å². The van der Waals surface area contributed by atoms with Crippen molar-refractivity contribution in [2.75, 3.05) is 25.5 Å². The van der Waals surface area contributed by atoms with E-state index >= 15 is 0 Å². The zero-order chi connectivity index (χ0) is 30.4. The van der Waals surface area contributed by atoms with Gasteiger partial charge in [-0.1, -0.05) is 25.3 Å². The van der Waals surface area contributed by atoms with E-state index in [1.165, 1.54) is 6.07 Å². The molecule has 11 heteroatoms. The van der Waals surface area contributed by atoms with Crippen molar-refractivity contribution in [2.24, 2.45) is 18.4 Å². The van der Waals surface area contributed by atoms with Crippen molar-refractivity contribution in [1.29, 1.82) is 5.26 Å². The van der Waals surface area contributed by atoms with Gasteiger partial charge < -0.3 is 30.7 Å². The Morgan fingerprint density at radius 3 is 2.51 bits per heavy atom. The van der Waals surface area contributed by atoms with Gasteiger partial charge in [-0.2, -0.15) is 5.26 Å². The average molecular weight is 586 g/mol. The fourth-order valence-corrected chi connectivity index (χ4v) is 7.27. The van der Waals surface area contributed by atoms with E-state index in [1.807, 2.05) is 18.2 Å². The summed E-state index contributed by atoms with van der Waals surface area (Å²) in [6.07, 6.45) is 9.22. The average Bonchev–Trinajstić information content (AvgIpc) is 3.48. The van der Waals surface area contributed by atoms with E-state index in [9.17, 15) is 24.4 Å². The third-order valence-electron chi connectivity index (χ3n) is 9.97. The van der Waals surface area contributed by atoms with Crippen LogP contribution in [-0.4, -0.2) is 64.9 Å². The molecule has 1 aromatic carbocycles. The Balaban J connectivity index is 1.22. The highest BCUT2D eigenvalue weighted by Gasteiger charge is 2.57. The molecular formula is C32H39N7O4. The third-order valence-corrected chi connectivity index (χ3v) is 9.97. The predicted molar refractivity (Wildman–Crippen MR) is 159 cm³/mol. The van der Waals surface area contributed by atoms with Crippen LogP contribution in [0.4, 0.5) is 10.5 Å². The number of nitriles is 1. The Hall–Kier alpha value is -4.33. The summed E-state index contributed by atoms with van der Waals surface area (Å²) in [4.78, 5) is 55.2. The topological polar surface area (TPSA) is 148 Å². The van der Waals surface area contributed by atoms with Crippen LogP contribution in [0.15, 0.2) is 30.5 Å². The number of carbonyl (C=O) groups excluding carboxylic acids is 4. The predicted octanol–water partition coefficient (Wildman–Crippen LogP) is 2.60. The molecule has 0 bridgehead atoms. The maximum Gasteiger partial charge on any atom is 0.318 e. The first-order valence-electron chi connectivity index (χ1n) is 15.2. The number of anilines is 1. The molecule has 3 fully saturated rings. The number of aryl methyl sites for hydroxylation is 1. The van der Waals surface area contributed by atoms with E-state index in [1.54, 1.807) is 29.8 Å². The first kappa shape index (κ1) is 28.8. The van der Waals surface area contributed by atoms with Crippen molar-refractivity contribution in [3.8, 4) is 6.07 Å². The number of benzene rings is 1. The minimum absolute atomic E-state index is 0.00362. The number of urea groups is 1. The molecule has 6 rings (SSSR count). The molecule has 4 N–H and O–H groups in total. The number of amides is 5. The Morgan fingerprint density at radius 2 is 1.84 bits per heavy atom. The number of hydrogen-bond donors (Lipinski definition) is 4. The standard InChI is InChI=1S/C32H39N7O4/c1-34-29(42)32(39-19-31(10-11-31)18-35-30(39)43)14-22-8-9-24(13-23(22)15-32)36-28(41)26(21-6-4-3-5-7-21)37-27(40)25-12-20(16-33)17-38(25)2/h8-9,12-13,17,21,26H,3-7,10-11,14-15,18-19H2,1-2H3,(H,34,42)(H,35,43)(H,36,41)(H,37,40)/t26-,32?/m0/s1. The van der Waals surface area contributed by atoms with Crippen molar-refractivity contribution in [2.45, 2.75) is 69.4 Å². The second-order valence-corrected chi connectivity index (χ2v) is 12.9.